The number of esters is 1. The molecule has 8 heteroatoms. The fourth-order valence-electron chi connectivity index (χ4n) is 3.89. The first-order valence-electron chi connectivity index (χ1n) is 11.2. The predicted octanol–water partition coefficient (Wildman–Crippen LogP) is 2.15. The number of carbonyl (C=O) groups is 3. The molecule has 0 aliphatic carbocycles. The van der Waals surface area contributed by atoms with Crippen LogP contribution < -0.4 is 16.0 Å². The van der Waals surface area contributed by atoms with E-state index in [9.17, 15) is 14.4 Å². The molecule has 2 heterocycles. The maximum absolute atomic E-state index is 12.5. The quantitative estimate of drug-likeness (QED) is 0.281. The van der Waals surface area contributed by atoms with E-state index < -0.39 is 12.2 Å². The van der Waals surface area contributed by atoms with E-state index in [1.165, 1.54) is 0 Å². The highest BCUT2D eigenvalue weighted by molar-refractivity contribution is 5.97. The lowest BCUT2D eigenvalue weighted by Crippen LogP contribution is -2.66. The monoisotopic (exact) mass is 448 g/mol. The van der Waals surface area contributed by atoms with Gasteiger partial charge in [-0.1, -0.05) is 48.5 Å². The van der Waals surface area contributed by atoms with Gasteiger partial charge in [0.05, 0.1) is 0 Å². The van der Waals surface area contributed by atoms with Crippen molar-refractivity contribution >= 4 is 28.7 Å². The minimum Gasteiger partial charge on any atom is -0.461 e. The maximum atomic E-state index is 12.5. The molecule has 4 N–H and O–H groups in total. The van der Waals surface area contributed by atoms with Gasteiger partial charge in [0, 0.05) is 29.9 Å². The third-order valence-corrected chi connectivity index (χ3v) is 5.68. The molecule has 2 amide bonds. The minimum atomic E-state index is -0.776. The Morgan fingerprint density at radius 2 is 1.73 bits per heavy atom. The molecule has 33 heavy (non-hydrogen) atoms. The van der Waals surface area contributed by atoms with Crippen molar-refractivity contribution in [3.05, 3.63) is 71.9 Å². The highest BCUT2D eigenvalue weighted by Crippen LogP contribution is 2.19. The average Bonchev–Trinajstić information content (AvgIpc) is 3.24. The van der Waals surface area contributed by atoms with Crippen molar-refractivity contribution in [3.8, 4) is 0 Å². The van der Waals surface area contributed by atoms with Gasteiger partial charge in [-0.25, -0.2) is 0 Å². The Labute approximate surface area is 192 Å². The summed E-state index contributed by atoms with van der Waals surface area (Å²) in [6, 6.07) is 16.8. The van der Waals surface area contributed by atoms with Gasteiger partial charge in [-0.15, -0.1) is 0 Å². The number of para-hydroxylation sites is 1. The van der Waals surface area contributed by atoms with Crippen molar-refractivity contribution < 1.29 is 19.1 Å². The summed E-state index contributed by atoms with van der Waals surface area (Å²) < 4.78 is 5.25. The van der Waals surface area contributed by atoms with Gasteiger partial charge in [0.2, 0.25) is 5.91 Å². The average molecular weight is 449 g/mol. The molecule has 0 spiro atoms. The Kier molecular flexibility index (Phi) is 7.36. The Hall–Kier alpha value is -3.65. The van der Waals surface area contributed by atoms with Crippen molar-refractivity contribution in [2.45, 2.75) is 44.5 Å². The lowest BCUT2D eigenvalue weighted by atomic mass is 10.0. The standard InChI is InChI=1S/C25H28N4O4/c30-22(33-16-17-8-2-1-3-9-17)12-6-7-13-26-23-25(32)28-21(24(31)29-23)14-18-15-27-20-11-5-4-10-19(18)20/h1-5,8-11,15,21,23,26-27H,6-7,12-14,16H2,(H,28,32)(H,29,31)/t21-,23-/m0/s1. The number of unbranched alkanes of at least 4 members (excludes halogenated alkanes) is 1. The highest BCUT2D eigenvalue weighted by atomic mass is 16.5. The molecular weight excluding hydrogens is 420 g/mol. The van der Waals surface area contributed by atoms with Crippen LogP contribution in [0, 0.1) is 0 Å². The molecule has 0 bridgehead atoms. The minimum absolute atomic E-state index is 0.220. The molecule has 1 saturated heterocycles. The number of ether oxygens (including phenoxy) is 1. The van der Waals surface area contributed by atoms with Crippen molar-refractivity contribution in [1.82, 2.24) is 20.9 Å². The smallest absolute Gasteiger partial charge is 0.306 e. The Morgan fingerprint density at radius 3 is 2.58 bits per heavy atom. The van der Waals surface area contributed by atoms with Crippen molar-refractivity contribution in [1.29, 1.82) is 0 Å². The molecule has 8 nitrogen and oxygen atoms in total. The number of hydrogen-bond acceptors (Lipinski definition) is 5. The molecule has 1 aromatic heterocycles. The molecule has 0 radical (unpaired) electrons. The Bertz CT molecular complexity index is 1110. The number of hydrogen-bond donors (Lipinski definition) is 4. The van der Waals surface area contributed by atoms with Gasteiger partial charge in [-0.2, -0.15) is 0 Å². The SMILES string of the molecule is O=C(CCCCN[C@H]1NC(=O)[C@H](Cc2c[nH]c3ccccc23)NC1=O)OCc1ccccc1. The number of aromatic amines is 1. The molecule has 1 aliphatic heterocycles. The first-order valence-corrected chi connectivity index (χ1v) is 11.2. The van der Waals surface area contributed by atoms with Crippen LogP contribution in [-0.2, 0) is 32.1 Å². The fourth-order valence-corrected chi connectivity index (χ4v) is 3.89. The molecule has 3 aromatic rings. The van der Waals surface area contributed by atoms with Gasteiger partial charge in [0.1, 0.15) is 12.6 Å². The molecule has 2 aromatic carbocycles. The fraction of sp³-hybridized carbons (Fsp3) is 0.320. The van der Waals surface area contributed by atoms with Crippen LogP contribution in [0.4, 0.5) is 0 Å². The lowest BCUT2D eigenvalue weighted by molar-refractivity contribution is -0.145. The first-order chi connectivity index (χ1) is 16.1. The molecule has 1 aliphatic rings. The number of benzene rings is 2. The summed E-state index contributed by atoms with van der Waals surface area (Å²) in [4.78, 5) is 40.1. The van der Waals surface area contributed by atoms with Crippen LogP contribution in [0.3, 0.4) is 0 Å². The number of nitrogens with one attached hydrogen (secondary N) is 4. The van der Waals surface area contributed by atoms with E-state index in [4.69, 9.17) is 4.74 Å². The topological polar surface area (TPSA) is 112 Å². The van der Waals surface area contributed by atoms with Crippen LogP contribution in [0.25, 0.3) is 10.9 Å². The van der Waals surface area contributed by atoms with E-state index in [-0.39, 0.29) is 24.4 Å². The second kappa shape index (κ2) is 10.8. The zero-order valence-corrected chi connectivity index (χ0v) is 18.3. The number of aromatic nitrogens is 1. The molecule has 2 atom stereocenters. The van der Waals surface area contributed by atoms with E-state index >= 15 is 0 Å². The highest BCUT2D eigenvalue weighted by Gasteiger charge is 2.33. The van der Waals surface area contributed by atoms with Gasteiger partial charge in [0.25, 0.3) is 5.91 Å². The number of carbonyl (C=O) groups excluding carboxylic acids is 3. The maximum Gasteiger partial charge on any atom is 0.306 e. The summed E-state index contributed by atoms with van der Waals surface area (Å²) in [6.45, 7) is 0.767. The van der Waals surface area contributed by atoms with Crippen LogP contribution in [0.1, 0.15) is 30.4 Å². The van der Waals surface area contributed by atoms with Gasteiger partial charge in [-0.3, -0.25) is 19.7 Å². The van der Waals surface area contributed by atoms with Gasteiger partial charge < -0.3 is 20.4 Å². The zero-order valence-electron chi connectivity index (χ0n) is 18.3. The van der Waals surface area contributed by atoms with Crippen LogP contribution in [0.15, 0.2) is 60.8 Å². The van der Waals surface area contributed by atoms with Crippen LogP contribution in [0.5, 0.6) is 0 Å². The van der Waals surface area contributed by atoms with Crippen LogP contribution in [0.2, 0.25) is 0 Å². The third kappa shape index (κ3) is 5.98. The Balaban J connectivity index is 1.15. The number of fused-ring (bicyclic) bond motifs is 1. The van der Waals surface area contributed by atoms with Crippen LogP contribution in [-0.4, -0.2) is 41.5 Å². The van der Waals surface area contributed by atoms with E-state index in [0.29, 0.717) is 32.2 Å². The van der Waals surface area contributed by atoms with Crippen molar-refractivity contribution in [2.75, 3.05) is 6.54 Å². The Morgan fingerprint density at radius 1 is 0.939 bits per heavy atom. The number of rotatable bonds is 10. The first kappa shape index (κ1) is 22.5. The van der Waals surface area contributed by atoms with Gasteiger partial charge >= 0.3 is 5.97 Å². The summed E-state index contributed by atoms with van der Waals surface area (Å²) >= 11 is 0. The normalized spacial score (nSPS) is 18.1. The van der Waals surface area contributed by atoms with Crippen molar-refractivity contribution in [2.24, 2.45) is 0 Å². The second-order valence-electron chi connectivity index (χ2n) is 8.12. The molecule has 1 fully saturated rings. The summed E-state index contributed by atoms with van der Waals surface area (Å²) in [6.07, 6.45) is 3.13. The number of H-pyrrole nitrogens is 1. The molecule has 4 rings (SSSR count). The number of amides is 2. The molecule has 0 unspecified atom stereocenters. The molecule has 172 valence electrons. The van der Waals surface area contributed by atoms with E-state index in [1.54, 1.807) is 0 Å². The van der Waals surface area contributed by atoms with E-state index in [1.807, 2.05) is 60.8 Å². The summed E-state index contributed by atoms with van der Waals surface area (Å²) in [7, 11) is 0. The van der Waals surface area contributed by atoms with Crippen LogP contribution >= 0.6 is 0 Å². The largest absolute Gasteiger partial charge is 0.461 e. The van der Waals surface area contributed by atoms with E-state index in [2.05, 4.69) is 20.9 Å². The van der Waals surface area contributed by atoms with Crippen molar-refractivity contribution in [3.63, 3.8) is 0 Å². The molecular formula is C25H28N4O4. The third-order valence-electron chi connectivity index (χ3n) is 5.68. The lowest BCUT2D eigenvalue weighted by Gasteiger charge is -2.30. The summed E-state index contributed by atoms with van der Waals surface area (Å²) in [5.74, 6) is -0.730. The predicted molar refractivity (Wildman–Crippen MR) is 124 cm³/mol. The summed E-state index contributed by atoms with van der Waals surface area (Å²) in [5, 5.41) is 9.64. The zero-order chi connectivity index (χ0) is 23.0. The summed E-state index contributed by atoms with van der Waals surface area (Å²) in [5.41, 5.74) is 2.93. The number of piperazine rings is 1. The van der Waals surface area contributed by atoms with Gasteiger partial charge in [-0.05, 0) is 36.6 Å². The molecule has 0 saturated carbocycles. The van der Waals surface area contributed by atoms with E-state index in [0.717, 1.165) is 22.0 Å². The van der Waals surface area contributed by atoms with Gasteiger partial charge in [0.15, 0.2) is 6.17 Å². The second-order valence-corrected chi connectivity index (χ2v) is 8.12.